The fraction of sp³-hybridized carbons (Fsp3) is 0.235. The molecule has 0 radical (unpaired) electrons. The van der Waals surface area contributed by atoms with Crippen molar-refractivity contribution in [3.8, 4) is 0 Å². The largest absolute Gasteiger partial charge is 0.391 e. The van der Waals surface area contributed by atoms with Crippen molar-refractivity contribution in [3.05, 3.63) is 71.8 Å². The molecule has 19 heavy (non-hydrogen) atoms. The number of hydrogen-bond donors (Lipinski definition) is 1. The molecule has 0 bridgehead atoms. The molecule has 0 aliphatic rings. The smallest absolute Gasteiger partial charge is 0.0775 e. The predicted octanol–water partition coefficient (Wildman–Crippen LogP) is 2.90. The van der Waals surface area contributed by atoms with Crippen molar-refractivity contribution in [2.75, 3.05) is 6.54 Å². The number of benzene rings is 2. The van der Waals surface area contributed by atoms with Crippen molar-refractivity contribution >= 4 is 6.21 Å². The van der Waals surface area contributed by atoms with E-state index in [2.05, 4.69) is 17.1 Å². The van der Waals surface area contributed by atoms with Crippen LogP contribution in [0.3, 0.4) is 0 Å². The molecule has 2 rings (SSSR count). The van der Waals surface area contributed by atoms with Crippen LogP contribution in [0.5, 0.6) is 0 Å². The highest BCUT2D eigenvalue weighted by atomic mass is 16.3. The van der Waals surface area contributed by atoms with Gasteiger partial charge in [0.15, 0.2) is 0 Å². The first kappa shape index (κ1) is 13.5. The molecule has 2 aromatic rings. The van der Waals surface area contributed by atoms with Gasteiger partial charge < -0.3 is 5.11 Å². The van der Waals surface area contributed by atoms with Crippen LogP contribution in [-0.4, -0.2) is 24.0 Å². The van der Waals surface area contributed by atoms with E-state index < -0.39 is 6.10 Å². The molecule has 1 unspecified atom stereocenters. The average Bonchev–Trinajstić information content (AvgIpc) is 2.46. The van der Waals surface area contributed by atoms with Crippen LogP contribution in [0.2, 0.25) is 0 Å². The fourth-order valence-electron chi connectivity index (χ4n) is 1.93. The first-order valence-corrected chi connectivity index (χ1v) is 6.59. The molecule has 2 nitrogen and oxygen atoms in total. The third-order valence-corrected chi connectivity index (χ3v) is 2.93. The fourth-order valence-corrected chi connectivity index (χ4v) is 1.93. The van der Waals surface area contributed by atoms with Gasteiger partial charge in [0.25, 0.3) is 0 Å². The monoisotopic (exact) mass is 253 g/mol. The zero-order valence-electron chi connectivity index (χ0n) is 10.9. The molecule has 0 saturated heterocycles. The van der Waals surface area contributed by atoms with Crippen LogP contribution in [0, 0.1) is 0 Å². The van der Waals surface area contributed by atoms with Crippen LogP contribution < -0.4 is 0 Å². The second-order valence-corrected chi connectivity index (χ2v) is 4.58. The zero-order valence-corrected chi connectivity index (χ0v) is 10.9. The van der Waals surface area contributed by atoms with Crippen molar-refractivity contribution < 1.29 is 5.11 Å². The van der Waals surface area contributed by atoms with E-state index in [1.165, 1.54) is 5.56 Å². The van der Waals surface area contributed by atoms with Gasteiger partial charge in [-0.3, -0.25) is 4.99 Å². The zero-order chi connectivity index (χ0) is 13.3. The molecule has 0 fully saturated rings. The van der Waals surface area contributed by atoms with Crippen LogP contribution in [0.1, 0.15) is 11.1 Å². The SMILES string of the molecule is OC(CN=CCc1ccccc1)Cc1ccccc1. The van der Waals surface area contributed by atoms with Crippen LogP contribution >= 0.6 is 0 Å². The van der Waals surface area contributed by atoms with Gasteiger partial charge in [-0.1, -0.05) is 60.7 Å². The second kappa shape index (κ2) is 7.49. The van der Waals surface area contributed by atoms with E-state index in [-0.39, 0.29) is 0 Å². The lowest BCUT2D eigenvalue weighted by molar-refractivity contribution is 0.184. The van der Waals surface area contributed by atoms with Gasteiger partial charge in [-0.2, -0.15) is 0 Å². The lowest BCUT2D eigenvalue weighted by Gasteiger charge is -2.07. The maximum atomic E-state index is 9.89. The summed E-state index contributed by atoms with van der Waals surface area (Å²) in [6.45, 7) is 0.460. The van der Waals surface area contributed by atoms with E-state index in [1.807, 2.05) is 54.7 Å². The van der Waals surface area contributed by atoms with E-state index in [9.17, 15) is 5.11 Å². The van der Waals surface area contributed by atoms with Gasteiger partial charge in [-0.25, -0.2) is 0 Å². The van der Waals surface area contributed by atoms with Gasteiger partial charge in [0.05, 0.1) is 12.6 Å². The third-order valence-electron chi connectivity index (χ3n) is 2.93. The normalized spacial score (nSPS) is 12.7. The Labute approximate surface area is 114 Å². The van der Waals surface area contributed by atoms with Crippen LogP contribution in [-0.2, 0) is 12.8 Å². The molecular formula is C17H19NO. The molecule has 2 heteroatoms. The number of rotatable bonds is 6. The first-order valence-electron chi connectivity index (χ1n) is 6.59. The Balaban J connectivity index is 1.73. The molecule has 0 aliphatic heterocycles. The Hall–Kier alpha value is -1.93. The highest BCUT2D eigenvalue weighted by molar-refractivity contribution is 5.61. The standard InChI is InChI=1S/C17H19NO/c19-17(13-16-9-5-2-6-10-16)14-18-12-11-15-7-3-1-4-8-15/h1-10,12,17,19H,11,13-14H2. The topological polar surface area (TPSA) is 32.6 Å². The Morgan fingerprint density at radius 1 is 0.895 bits per heavy atom. The highest BCUT2D eigenvalue weighted by Crippen LogP contribution is 2.03. The summed E-state index contributed by atoms with van der Waals surface area (Å²) in [5.41, 5.74) is 2.39. The Bertz CT molecular complexity index is 493. The minimum Gasteiger partial charge on any atom is -0.391 e. The third kappa shape index (κ3) is 5.06. The summed E-state index contributed by atoms with van der Waals surface area (Å²) in [6.07, 6.45) is 2.95. The molecule has 0 aliphatic carbocycles. The van der Waals surface area contributed by atoms with Crippen molar-refractivity contribution in [2.24, 2.45) is 4.99 Å². The quantitative estimate of drug-likeness (QED) is 0.789. The van der Waals surface area contributed by atoms with Gasteiger partial charge in [0.1, 0.15) is 0 Å². The van der Waals surface area contributed by atoms with E-state index >= 15 is 0 Å². The summed E-state index contributed by atoms with van der Waals surface area (Å²) < 4.78 is 0. The average molecular weight is 253 g/mol. The predicted molar refractivity (Wildman–Crippen MR) is 79.7 cm³/mol. The van der Waals surface area contributed by atoms with Gasteiger partial charge in [0.2, 0.25) is 0 Å². The van der Waals surface area contributed by atoms with Crippen molar-refractivity contribution in [2.45, 2.75) is 18.9 Å². The molecule has 0 spiro atoms. The molecule has 0 saturated carbocycles. The minimum atomic E-state index is -0.408. The Morgan fingerprint density at radius 3 is 2.11 bits per heavy atom. The number of aliphatic imine (C=N–C) groups is 1. The van der Waals surface area contributed by atoms with Crippen molar-refractivity contribution in [3.63, 3.8) is 0 Å². The molecule has 2 aromatic carbocycles. The van der Waals surface area contributed by atoms with Gasteiger partial charge in [-0.05, 0) is 11.1 Å². The van der Waals surface area contributed by atoms with Gasteiger partial charge >= 0.3 is 0 Å². The number of hydrogen-bond acceptors (Lipinski definition) is 2. The molecule has 1 atom stereocenters. The molecule has 0 heterocycles. The summed E-state index contributed by atoms with van der Waals surface area (Å²) in [4.78, 5) is 4.29. The molecule has 1 N–H and O–H groups in total. The van der Waals surface area contributed by atoms with Crippen molar-refractivity contribution in [1.29, 1.82) is 0 Å². The number of nitrogens with zero attached hydrogens (tertiary/aromatic N) is 1. The maximum absolute atomic E-state index is 9.89. The summed E-state index contributed by atoms with van der Waals surface area (Å²) in [5.74, 6) is 0. The van der Waals surface area contributed by atoms with E-state index in [1.54, 1.807) is 0 Å². The molecular weight excluding hydrogens is 234 g/mol. The maximum Gasteiger partial charge on any atom is 0.0775 e. The summed E-state index contributed by atoms with van der Waals surface area (Å²) >= 11 is 0. The van der Waals surface area contributed by atoms with Gasteiger partial charge in [0, 0.05) is 19.1 Å². The molecule has 0 amide bonds. The van der Waals surface area contributed by atoms with Crippen LogP contribution in [0.4, 0.5) is 0 Å². The van der Waals surface area contributed by atoms with E-state index in [0.29, 0.717) is 13.0 Å². The van der Waals surface area contributed by atoms with Gasteiger partial charge in [-0.15, -0.1) is 0 Å². The summed E-state index contributed by atoms with van der Waals surface area (Å²) in [7, 11) is 0. The molecule has 98 valence electrons. The van der Waals surface area contributed by atoms with E-state index in [0.717, 1.165) is 12.0 Å². The Morgan fingerprint density at radius 2 is 1.47 bits per heavy atom. The van der Waals surface area contributed by atoms with E-state index in [4.69, 9.17) is 0 Å². The first-order chi connectivity index (χ1) is 9.34. The molecule has 0 aromatic heterocycles. The summed E-state index contributed by atoms with van der Waals surface area (Å²) in [6, 6.07) is 20.2. The number of aliphatic hydroxyl groups is 1. The minimum absolute atomic E-state index is 0.408. The lowest BCUT2D eigenvalue weighted by atomic mass is 10.1. The highest BCUT2D eigenvalue weighted by Gasteiger charge is 2.03. The second-order valence-electron chi connectivity index (χ2n) is 4.58. The van der Waals surface area contributed by atoms with Crippen LogP contribution in [0.15, 0.2) is 65.7 Å². The van der Waals surface area contributed by atoms with Crippen LogP contribution in [0.25, 0.3) is 0 Å². The van der Waals surface area contributed by atoms with Crippen molar-refractivity contribution in [1.82, 2.24) is 0 Å². The number of aliphatic hydroxyl groups excluding tert-OH is 1. The Kier molecular flexibility index (Phi) is 5.32. The lowest BCUT2D eigenvalue weighted by Crippen LogP contribution is -2.14. The summed E-state index contributed by atoms with van der Waals surface area (Å²) in [5, 5.41) is 9.89.